The predicted octanol–water partition coefficient (Wildman–Crippen LogP) is 10.9. The lowest BCUT2D eigenvalue weighted by Crippen LogP contribution is -1.91. The SMILES string of the molecule is [2H]c1c([2H])c([2H])c2c(oc3c([2H])c([2H])c(-c4c5c([2H])c([2H])c([2H])c([2H])c5c(-c5cccc(-c6ccccc6)c5)c5c([2H])c([2H])c([2H])c([2H])c45)c([2H])c32)c1[2H]. The summed E-state index contributed by atoms with van der Waals surface area (Å²) in [5, 5.41) is -1.35. The fourth-order valence-electron chi connectivity index (χ4n) is 5.08. The predicted molar refractivity (Wildman–Crippen MR) is 165 cm³/mol. The first-order valence-electron chi connectivity index (χ1n) is 19.6. The van der Waals surface area contributed by atoms with Gasteiger partial charge in [0.05, 0.1) is 20.6 Å². The first kappa shape index (κ1) is 11.7. The van der Waals surface area contributed by atoms with E-state index in [1.807, 2.05) is 36.4 Å². The zero-order valence-corrected chi connectivity index (χ0v) is 20.1. The van der Waals surface area contributed by atoms with Crippen molar-refractivity contribution in [2.24, 2.45) is 0 Å². The summed E-state index contributed by atoms with van der Waals surface area (Å²) in [7, 11) is 0. The summed E-state index contributed by atoms with van der Waals surface area (Å²) in [4.78, 5) is 0. The van der Waals surface area contributed by atoms with E-state index < -0.39 is 96.2 Å². The van der Waals surface area contributed by atoms with Gasteiger partial charge in [0.15, 0.2) is 0 Å². The summed E-state index contributed by atoms with van der Waals surface area (Å²) < 4.78 is 139. The number of para-hydroxylation sites is 1. The maximum Gasteiger partial charge on any atom is 0.135 e. The Morgan fingerprint density at radius 2 is 0.949 bits per heavy atom. The van der Waals surface area contributed by atoms with Crippen LogP contribution in [0.15, 0.2) is 150 Å². The molecule has 0 N–H and O–H groups in total. The van der Waals surface area contributed by atoms with Crippen LogP contribution in [0.3, 0.4) is 0 Å². The molecule has 0 amide bonds. The van der Waals surface area contributed by atoms with E-state index in [1.165, 1.54) is 0 Å². The zero-order chi connectivity index (χ0) is 38.8. The van der Waals surface area contributed by atoms with Gasteiger partial charge in [0.1, 0.15) is 11.2 Å². The minimum absolute atomic E-state index is 0.0636. The molecular formula is C38H24O. The second-order valence-corrected chi connectivity index (χ2v) is 8.96. The van der Waals surface area contributed by atoms with Gasteiger partial charge in [0, 0.05) is 10.8 Å². The van der Waals surface area contributed by atoms with Gasteiger partial charge in [0.25, 0.3) is 0 Å². The zero-order valence-electron chi connectivity index (χ0n) is 35.1. The molecule has 7 aromatic carbocycles. The van der Waals surface area contributed by atoms with E-state index in [-0.39, 0.29) is 54.6 Å². The van der Waals surface area contributed by atoms with Crippen molar-refractivity contribution in [3.05, 3.63) is 145 Å². The van der Waals surface area contributed by atoms with Gasteiger partial charge in [-0.25, -0.2) is 0 Å². The molecule has 8 aromatic rings. The average Bonchev–Trinajstić information content (AvgIpc) is 3.59. The van der Waals surface area contributed by atoms with E-state index in [0.29, 0.717) is 11.1 Å². The first-order chi connectivity index (χ1) is 25.6. The summed E-state index contributed by atoms with van der Waals surface area (Å²) in [5.41, 5.74) is 0.423. The van der Waals surface area contributed by atoms with Crippen molar-refractivity contribution in [1.29, 1.82) is 0 Å². The Labute approximate surface area is 247 Å². The van der Waals surface area contributed by atoms with E-state index in [9.17, 15) is 8.22 Å². The quantitative estimate of drug-likeness (QED) is 0.215. The standard InChI is InChI=1S/C38H24O/c1-2-11-25(12-3-1)26-13-10-14-27(23-26)37-30-16-4-6-18-32(30)38(33-19-7-5-17-31(33)37)28-21-22-36-34(24-28)29-15-8-9-20-35(29)39-36/h1-24H/i4D,5D,6D,7D,8D,9D,15D,16D,17D,18D,19D,20D,21D,22D,24D. The van der Waals surface area contributed by atoms with Crippen LogP contribution in [0.2, 0.25) is 0 Å². The van der Waals surface area contributed by atoms with Crippen LogP contribution in [0.1, 0.15) is 20.6 Å². The molecule has 1 aromatic heterocycles. The fraction of sp³-hybridized carbons (Fsp3) is 0. The third kappa shape index (κ3) is 3.48. The van der Waals surface area contributed by atoms with Crippen molar-refractivity contribution in [2.75, 3.05) is 0 Å². The maximum atomic E-state index is 9.54. The van der Waals surface area contributed by atoms with Crippen molar-refractivity contribution in [2.45, 2.75) is 0 Å². The summed E-state index contributed by atoms with van der Waals surface area (Å²) in [6.45, 7) is 0. The van der Waals surface area contributed by atoms with Crippen LogP contribution in [0.25, 0.3) is 76.9 Å². The molecule has 8 rings (SSSR count). The minimum Gasteiger partial charge on any atom is -0.456 e. The third-order valence-electron chi connectivity index (χ3n) is 6.77. The van der Waals surface area contributed by atoms with Gasteiger partial charge in [0.2, 0.25) is 0 Å². The van der Waals surface area contributed by atoms with E-state index in [1.54, 1.807) is 18.2 Å². The Morgan fingerprint density at radius 1 is 0.410 bits per heavy atom. The van der Waals surface area contributed by atoms with Crippen LogP contribution in [-0.4, -0.2) is 0 Å². The highest BCUT2D eigenvalue weighted by Crippen LogP contribution is 2.45. The second kappa shape index (κ2) is 8.72. The topological polar surface area (TPSA) is 13.1 Å². The van der Waals surface area contributed by atoms with Crippen LogP contribution >= 0.6 is 0 Å². The van der Waals surface area contributed by atoms with Gasteiger partial charge < -0.3 is 4.42 Å². The van der Waals surface area contributed by atoms with Crippen molar-refractivity contribution in [3.63, 3.8) is 0 Å². The molecule has 0 radical (unpaired) electrons. The molecule has 0 aliphatic heterocycles. The highest BCUT2D eigenvalue weighted by molar-refractivity contribution is 6.22. The largest absolute Gasteiger partial charge is 0.456 e. The molecule has 0 saturated carbocycles. The smallest absolute Gasteiger partial charge is 0.135 e. The second-order valence-electron chi connectivity index (χ2n) is 8.96. The number of hydrogen-bond acceptors (Lipinski definition) is 1. The Hall–Kier alpha value is -5.14. The highest BCUT2D eigenvalue weighted by Gasteiger charge is 2.18. The summed E-state index contributed by atoms with van der Waals surface area (Å²) >= 11 is 0. The van der Waals surface area contributed by atoms with E-state index in [2.05, 4.69) is 0 Å². The molecule has 1 heteroatoms. The van der Waals surface area contributed by atoms with E-state index in [4.69, 9.17) is 16.8 Å². The van der Waals surface area contributed by atoms with E-state index in [0.717, 1.165) is 5.56 Å². The van der Waals surface area contributed by atoms with Gasteiger partial charge in [-0.2, -0.15) is 0 Å². The van der Waals surface area contributed by atoms with Crippen molar-refractivity contribution in [1.82, 2.24) is 0 Å². The van der Waals surface area contributed by atoms with Gasteiger partial charge in [-0.3, -0.25) is 0 Å². The van der Waals surface area contributed by atoms with Gasteiger partial charge in [-0.15, -0.1) is 0 Å². The fourth-order valence-corrected chi connectivity index (χ4v) is 5.08. The molecule has 0 fully saturated rings. The lowest BCUT2D eigenvalue weighted by Gasteiger charge is -2.18. The number of fused-ring (bicyclic) bond motifs is 5. The molecule has 1 heterocycles. The molecule has 0 spiro atoms. The normalized spacial score (nSPS) is 17.0. The molecule has 1 nitrogen and oxygen atoms in total. The summed E-state index contributed by atoms with van der Waals surface area (Å²) in [5.74, 6) is 0. The van der Waals surface area contributed by atoms with Crippen molar-refractivity contribution in [3.8, 4) is 33.4 Å². The van der Waals surface area contributed by atoms with Crippen LogP contribution in [-0.2, 0) is 0 Å². The van der Waals surface area contributed by atoms with Crippen molar-refractivity contribution < 1.29 is 25.0 Å². The molecule has 0 saturated heterocycles. The molecule has 182 valence electrons. The van der Waals surface area contributed by atoms with Gasteiger partial charge in [-0.05, 0) is 79.1 Å². The van der Waals surface area contributed by atoms with Crippen LogP contribution in [0, 0.1) is 0 Å². The molecule has 0 atom stereocenters. The van der Waals surface area contributed by atoms with Crippen LogP contribution < -0.4 is 0 Å². The van der Waals surface area contributed by atoms with E-state index >= 15 is 0 Å². The lowest BCUT2D eigenvalue weighted by atomic mass is 9.85. The Balaban J connectivity index is 1.68. The molecule has 39 heavy (non-hydrogen) atoms. The van der Waals surface area contributed by atoms with Gasteiger partial charge >= 0.3 is 0 Å². The molecule has 0 unspecified atom stereocenters. The number of hydrogen-bond donors (Lipinski definition) is 0. The maximum absolute atomic E-state index is 9.54. The molecule has 0 bridgehead atoms. The molecule has 0 aliphatic rings. The Morgan fingerprint density at radius 3 is 1.64 bits per heavy atom. The van der Waals surface area contributed by atoms with Crippen LogP contribution in [0.4, 0.5) is 0 Å². The minimum atomic E-state index is -0.692. The highest BCUT2D eigenvalue weighted by atomic mass is 16.3. The number of rotatable bonds is 3. The molecule has 0 aliphatic carbocycles. The summed E-state index contributed by atoms with van der Waals surface area (Å²) in [6.07, 6.45) is 0. The first-order valence-corrected chi connectivity index (χ1v) is 12.1. The molecular weight excluding hydrogens is 472 g/mol. The van der Waals surface area contributed by atoms with Crippen LogP contribution in [0.5, 0.6) is 0 Å². The van der Waals surface area contributed by atoms with Crippen molar-refractivity contribution >= 4 is 43.5 Å². The van der Waals surface area contributed by atoms with Gasteiger partial charge in [-0.1, -0.05) is 121 Å². The average molecular weight is 512 g/mol. The number of furan rings is 1. The monoisotopic (exact) mass is 511 g/mol. The Kier molecular flexibility index (Phi) is 2.62. The third-order valence-corrected chi connectivity index (χ3v) is 6.77. The lowest BCUT2D eigenvalue weighted by molar-refractivity contribution is 0.669. The Bertz CT molecular complexity index is 2910. The number of benzene rings is 7. The summed E-state index contributed by atoms with van der Waals surface area (Å²) in [6, 6.07) is 6.90.